The molecule has 0 amide bonds. The van der Waals surface area contributed by atoms with E-state index in [4.69, 9.17) is 5.84 Å². The van der Waals surface area contributed by atoms with Gasteiger partial charge in [0.1, 0.15) is 0 Å². The number of nitrogens with two attached hydrogens (primary N) is 1. The topological polar surface area (TPSA) is 38.0 Å². The third-order valence-corrected chi connectivity index (χ3v) is 3.68. The van der Waals surface area contributed by atoms with Crippen LogP contribution in [-0.4, -0.2) is 0 Å². The molecule has 0 aliphatic rings. The van der Waals surface area contributed by atoms with Crippen molar-refractivity contribution in [1.82, 2.24) is 5.43 Å². The summed E-state index contributed by atoms with van der Waals surface area (Å²) in [5.41, 5.74) is 2.50. The number of rotatable bonds is 3. The molecule has 0 bridgehead atoms. The van der Waals surface area contributed by atoms with E-state index in [9.17, 15) is 13.2 Å². The van der Waals surface area contributed by atoms with Crippen LogP contribution in [0.2, 0.25) is 0 Å². The maximum absolute atomic E-state index is 13.1. The van der Waals surface area contributed by atoms with E-state index in [-0.39, 0.29) is 5.56 Å². The fourth-order valence-corrected chi connectivity index (χ4v) is 2.58. The van der Waals surface area contributed by atoms with Crippen molar-refractivity contribution in [3.05, 3.63) is 69.7 Å². The van der Waals surface area contributed by atoms with E-state index in [2.05, 4.69) is 21.4 Å². The van der Waals surface area contributed by atoms with Crippen LogP contribution < -0.4 is 11.3 Å². The third-order valence-electron chi connectivity index (χ3n) is 2.96. The van der Waals surface area contributed by atoms with E-state index in [0.717, 1.165) is 6.07 Å². The average molecular weight is 345 g/mol. The number of hydrogen-bond acceptors (Lipinski definition) is 2. The molecule has 0 aliphatic heterocycles. The van der Waals surface area contributed by atoms with Gasteiger partial charge in [0, 0.05) is 4.47 Å². The molecular formula is C14H12BrF3N2. The Kier molecular flexibility index (Phi) is 4.47. The fraction of sp³-hybridized carbons (Fsp3) is 0.143. The zero-order chi connectivity index (χ0) is 14.8. The van der Waals surface area contributed by atoms with Crippen LogP contribution >= 0.6 is 15.9 Å². The molecule has 0 aromatic heterocycles. The van der Waals surface area contributed by atoms with Crippen molar-refractivity contribution in [2.24, 2.45) is 5.84 Å². The minimum absolute atomic E-state index is 0.0920. The van der Waals surface area contributed by atoms with Crippen LogP contribution in [-0.2, 0) is 6.18 Å². The van der Waals surface area contributed by atoms with Crippen molar-refractivity contribution in [3.8, 4) is 0 Å². The highest BCUT2D eigenvalue weighted by Crippen LogP contribution is 2.37. The highest BCUT2D eigenvalue weighted by molar-refractivity contribution is 9.10. The first-order chi connectivity index (χ1) is 9.45. The first-order valence-corrected chi connectivity index (χ1v) is 6.61. The second-order valence-electron chi connectivity index (χ2n) is 4.21. The van der Waals surface area contributed by atoms with E-state index in [1.54, 1.807) is 30.3 Å². The van der Waals surface area contributed by atoms with Crippen LogP contribution in [0.1, 0.15) is 22.7 Å². The Labute approximate surface area is 122 Å². The maximum atomic E-state index is 13.1. The van der Waals surface area contributed by atoms with E-state index < -0.39 is 17.8 Å². The number of hydrogen-bond donors (Lipinski definition) is 2. The van der Waals surface area contributed by atoms with Gasteiger partial charge in [0.05, 0.1) is 11.6 Å². The Morgan fingerprint density at radius 2 is 1.50 bits per heavy atom. The van der Waals surface area contributed by atoms with Gasteiger partial charge in [-0.15, -0.1) is 0 Å². The van der Waals surface area contributed by atoms with E-state index in [1.807, 2.05) is 0 Å². The van der Waals surface area contributed by atoms with Crippen molar-refractivity contribution in [2.45, 2.75) is 12.2 Å². The largest absolute Gasteiger partial charge is 0.416 e. The van der Waals surface area contributed by atoms with Gasteiger partial charge in [0.15, 0.2) is 0 Å². The SMILES string of the molecule is NNC(c1ccccc1Br)c1ccccc1C(F)(F)F. The average Bonchev–Trinajstić information content (AvgIpc) is 2.41. The predicted octanol–water partition coefficient (Wildman–Crippen LogP) is 4.02. The summed E-state index contributed by atoms with van der Waals surface area (Å²) in [6, 6.07) is 11.7. The van der Waals surface area contributed by atoms with Gasteiger partial charge >= 0.3 is 6.18 Å². The lowest BCUT2D eigenvalue weighted by atomic mass is 9.94. The van der Waals surface area contributed by atoms with Gasteiger partial charge in [-0.25, -0.2) is 5.43 Å². The van der Waals surface area contributed by atoms with Crippen molar-refractivity contribution in [2.75, 3.05) is 0 Å². The first-order valence-electron chi connectivity index (χ1n) is 5.82. The van der Waals surface area contributed by atoms with Gasteiger partial charge in [0.2, 0.25) is 0 Å². The van der Waals surface area contributed by atoms with Gasteiger partial charge in [-0.3, -0.25) is 5.84 Å². The molecule has 6 heteroatoms. The van der Waals surface area contributed by atoms with Crippen LogP contribution in [0.5, 0.6) is 0 Å². The van der Waals surface area contributed by atoms with Crippen molar-refractivity contribution >= 4 is 15.9 Å². The summed E-state index contributed by atoms with van der Waals surface area (Å²) in [4.78, 5) is 0. The quantitative estimate of drug-likeness (QED) is 0.651. The molecule has 2 rings (SSSR count). The third kappa shape index (κ3) is 3.03. The predicted molar refractivity (Wildman–Crippen MR) is 74.8 cm³/mol. The minimum Gasteiger partial charge on any atom is -0.271 e. The molecule has 20 heavy (non-hydrogen) atoms. The molecule has 106 valence electrons. The molecule has 0 radical (unpaired) electrons. The Hall–Kier alpha value is -1.37. The summed E-state index contributed by atoms with van der Waals surface area (Å²) >= 11 is 3.33. The lowest BCUT2D eigenvalue weighted by molar-refractivity contribution is -0.138. The number of benzene rings is 2. The zero-order valence-electron chi connectivity index (χ0n) is 10.3. The second kappa shape index (κ2) is 5.95. The van der Waals surface area contributed by atoms with Gasteiger partial charge in [-0.1, -0.05) is 52.3 Å². The Balaban J connectivity index is 2.57. The second-order valence-corrected chi connectivity index (χ2v) is 5.06. The molecule has 2 aromatic rings. The molecule has 0 heterocycles. The van der Waals surface area contributed by atoms with E-state index >= 15 is 0 Å². The number of nitrogens with one attached hydrogen (secondary N) is 1. The normalized spacial score (nSPS) is 13.2. The Morgan fingerprint density at radius 3 is 2.05 bits per heavy atom. The van der Waals surface area contributed by atoms with Crippen LogP contribution in [0.4, 0.5) is 13.2 Å². The summed E-state index contributed by atoms with van der Waals surface area (Å²) in [7, 11) is 0. The summed E-state index contributed by atoms with van der Waals surface area (Å²) in [5, 5.41) is 0. The molecule has 0 aliphatic carbocycles. The van der Waals surface area contributed by atoms with Gasteiger partial charge < -0.3 is 0 Å². The number of hydrazine groups is 1. The summed E-state index contributed by atoms with van der Waals surface area (Å²) in [6.45, 7) is 0. The smallest absolute Gasteiger partial charge is 0.271 e. The van der Waals surface area contributed by atoms with Gasteiger partial charge in [0.25, 0.3) is 0 Å². The molecule has 1 atom stereocenters. The molecule has 0 saturated carbocycles. The Bertz CT molecular complexity index is 599. The molecule has 0 saturated heterocycles. The molecule has 1 unspecified atom stereocenters. The zero-order valence-corrected chi connectivity index (χ0v) is 11.9. The van der Waals surface area contributed by atoms with Crippen LogP contribution in [0, 0.1) is 0 Å². The summed E-state index contributed by atoms with van der Waals surface area (Å²) in [5.74, 6) is 5.48. The van der Waals surface area contributed by atoms with Gasteiger partial charge in [-0.2, -0.15) is 13.2 Å². The molecule has 3 N–H and O–H groups in total. The molecule has 2 aromatic carbocycles. The number of alkyl halides is 3. The van der Waals surface area contributed by atoms with Crippen LogP contribution in [0.3, 0.4) is 0 Å². The molecule has 0 spiro atoms. The van der Waals surface area contributed by atoms with Crippen LogP contribution in [0.15, 0.2) is 53.0 Å². The maximum Gasteiger partial charge on any atom is 0.416 e. The Morgan fingerprint density at radius 1 is 0.950 bits per heavy atom. The van der Waals surface area contributed by atoms with Crippen molar-refractivity contribution in [1.29, 1.82) is 0 Å². The summed E-state index contributed by atoms with van der Waals surface area (Å²) in [6.07, 6.45) is -4.42. The number of halogens is 4. The van der Waals surface area contributed by atoms with Crippen molar-refractivity contribution in [3.63, 3.8) is 0 Å². The molecular weight excluding hydrogens is 333 g/mol. The lowest BCUT2D eigenvalue weighted by Gasteiger charge is -2.22. The van der Waals surface area contributed by atoms with Crippen LogP contribution in [0.25, 0.3) is 0 Å². The molecule has 2 nitrogen and oxygen atoms in total. The monoisotopic (exact) mass is 344 g/mol. The van der Waals surface area contributed by atoms with E-state index in [0.29, 0.717) is 10.0 Å². The van der Waals surface area contributed by atoms with Gasteiger partial charge in [-0.05, 0) is 23.3 Å². The lowest BCUT2D eigenvalue weighted by Crippen LogP contribution is -2.30. The summed E-state index contributed by atoms with van der Waals surface area (Å²) < 4.78 is 39.9. The highest BCUT2D eigenvalue weighted by atomic mass is 79.9. The fourth-order valence-electron chi connectivity index (χ4n) is 2.06. The molecule has 0 fully saturated rings. The minimum atomic E-state index is -4.42. The first kappa shape index (κ1) is 15.0. The standard InChI is InChI=1S/C14H12BrF3N2/c15-12-8-4-2-6-10(12)13(20-19)9-5-1-3-7-11(9)14(16,17)18/h1-8,13,20H,19H2. The van der Waals surface area contributed by atoms with Crippen molar-refractivity contribution < 1.29 is 13.2 Å². The highest BCUT2D eigenvalue weighted by Gasteiger charge is 2.35. The van der Waals surface area contributed by atoms with E-state index in [1.165, 1.54) is 12.1 Å².